The van der Waals surface area contributed by atoms with Crippen molar-refractivity contribution in [2.45, 2.75) is 19.4 Å². The van der Waals surface area contributed by atoms with Crippen molar-refractivity contribution >= 4 is 17.1 Å². The van der Waals surface area contributed by atoms with Gasteiger partial charge in [-0.3, -0.25) is 4.79 Å². The predicted octanol–water partition coefficient (Wildman–Crippen LogP) is 2.60. The van der Waals surface area contributed by atoms with E-state index in [1.807, 2.05) is 12.1 Å². The summed E-state index contributed by atoms with van der Waals surface area (Å²) < 4.78 is 5.36. The first kappa shape index (κ1) is 8.51. The van der Waals surface area contributed by atoms with Crippen molar-refractivity contribution in [2.75, 3.05) is 0 Å². The molecule has 2 rings (SSSR count). The molecule has 0 fully saturated rings. The molecule has 0 bridgehead atoms. The number of hydrogen-bond acceptors (Lipinski definition) is 3. The smallest absolute Gasteiger partial charge is 0.162 e. The Labute approximate surface area is 80.8 Å². The molecule has 1 unspecified atom stereocenters. The second-order valence-corrected chi connectivity index (χ2v) is 4.37. The highest BCUT2D eigenvalue weighted by atomic mass is 32.1. The van der Waals surface area contributed by atoms with Crippen molar-refractivity contribution in [2.24, 2.45) is 0 Å². The van der Waals surface area contributed by atoms with Gasteiger partial charge < -0.3 is 4.74 Å². The summed E-state index contributed by atoms with van der Waals surface area (Å²) in [6.45, 7) is 2.05. The van der Waals surface area contributed by atoms with Gasteiger partial charge in [0.25, 0.3) is 0 Å². The van der Waals surface area contributed by atoms with Crippen molar-refractivity contribution in [3.05, 3.63) is 34.2 Å². The number of aryl methyl sites for hydroxylation is 1. The largest absolute Gasteiger partial charge is 0.492 e. The number of allylic oxidation sites excluding steroid dienone is 1. The highest BCUT2D eigenvalue weighted by molar-refractivity contribution is 7.12. The van der Waals surface area contributed by atoms with E-state index in [1.54, 1.807) is 11.3 Å². The summed E-state index contributed by atoms with van der Waals surface area (Å²) in [6, 6.07) is 4.07. The molecule has 0 spiro atoms. The van der Waals surface area contributed by atoms with Gasteiger partial charge in [-0.2, -0.15) is 0 Å². The van der Waals surface area contributed by atoms with Gasteiger partial charge in [-0.25, -0.2) is 0 Å². The number of hydrogen-bond donors (Lipinski definition) is 0. The molecule has 13 heavy (non-hydrogen) atoms. The number of rotatable bonds is 1. The maximum absolute atomic E-state index is 11.1. The summed E-state index contributed by atoms with van der Waals surface area (Å²) in [5.74, 6) is 0.141. The standard InChI is InChI=1S/C10H10O2S/c1-7-2-3-10(13-7)9-6-8(11)4-5-12-9/h2-5,9H,6H2,1H3. The van der Waals surface area contributed by atoms with E-state index in [1.165, 1.54) is 17.2 Å². The van der Waals surface area contributed by atoms with Crippen LogP contribution < -0.4 is 0 Å². The average molecular weight is 194 g/mol. The third-order valence-electron chi connectivity index (χ3n) is 1.96. The number of carbonyl (C=O) groups excluding carboxylic acids is 1. The van der Waals surface area contributed by atoms with Gasteiger partial charge in [0.1, 0.15) is 6.10 Å². The van der Waals surface area contributed by atoms with Crippen LogP contribution in [0.15, 0.2) is 24.5 Å². The van der Waals surface area contributed by atoms with Crippen LogP contribution >= 0.6 is 11.3 Å². The Hall–Kier alpha value is -1.09. The Morgan fingerprint density at radius 2 is 2.38 bits per heavy atom. The van der Waals surface area contributed by atoms with Crippen LogP contribution in [-0.4, -0.2) is 5.78 Å². The number of thiophene rings is 1. The van der Waals surface area contributed by atoms with Crippen LogP contribution in [0.5, 0.6) is 0 Å². The van der Waals surface area contributed by atoms with E-state index in [9.17, 15) is 4.79 Å². The van der Waals surface area contributed by atoms with Crippen LogP contribution in [0.4, 0.5) is 0 Å². The van der Waals surface area contributed by atoms with Gasteiger partial charge in [-0.05, 0) is 19.1 Å². The molecule has 0 saturated heterocycles. The van der Waals surface area contributed by atoms with E-state index in [-0.39, 0.29) is 11.9 Å². The average Bonchev–Trinajstić information content (AvgIpc) is 2.52. The molecule has 2 nitrogen and oxygen atoms in total. The minimum absolute atomic E-state index is 0.0591. The molecule has 0 amide bonds. The van der Waals surface area contributed by atoms with E-state index in [0.717, 1.165) is 4.88 Å². The third-order valence-corrected chi connectivity index (χ3v) is 3.05. The fourth-order valence-electron chi connectivity index (χ4n) is 1.30. The molecule has 0 aromatic carbocycles. The molecule has 0 radical (unpaired) electrons. The molecule has 1 aromatic rings. The summed E-state index contributed by atoms with van der Waals surface area (Å²) in [5.41, 5.74) is 0. The molecule has 1 aliphatic rings. The first-order valence-electron chi connectivity index (χ1n) is 4.17. The molecule has 68 valence electrons. The zero-order valence-electron chi connectivity index (χ0n) is 7.32. The SMILES string of the molecule is Cc1ccc(C2CC(=O)C=CO2)s1. The Morgan fingerprint density at radius 3 is 3.00 bits per heavy atom. The molecular formula is C10H10O2S. The predicted molar refractivity (Wildman–Crippen MR) is 51.6 cm³/mol. The summed E-state index contributed by atoms with van der Waals surface area (Å²) in [5, 5.41) is 0. The first-order chi connectivity index (χ1) is 6.25. The van der Waals surface area contributed by atoms with E-state index in [2.05, 4.69) is 6.92 Å². The Balaban J connectivity index is 2.18. The summed E-state index contributed by atoms with van der Waals surface area (Å²) >= 11 is 1.69. The van der Waals surface area contributed by atoms with Gasteiger partial charge in [0.15, 0.2) is 5.78 Å². The van der Waals surface area contributed by atoms with Crippen molar-refractivity contribution in [3.8, 4) is 0 Å². The number of ketones is 1. The second kappa shape index (κ2) is 3.34. The first-order valence-corrected chi connectivity index (χ1v) is 4.98. The number of ether oxygens (including phenoxy) is 1. The zero-order valence-corrected chi connectivity index (χ0v) is 8.14. The fraction of sp³-hybridized carbons (Fsp3) is 0.300. The van der Waals surface area contributed by atoms with Crippen molar-refractivity contribution in [3.63, 3.8) is 0 Å². The van der Waals surface area contributed by atoms with E-state index >= 15 is 0 Å². The van der Waals surface area contributed by atoms with Crippen molar-refractivity contribution in [1.82, 2.24) is 0 Å². The maximum Gasteiger partial charge on any atom is 0.162 e. The van der Waals surface area contributed by atoms with Gasteiger partial charge in [0.2, 0.25) is 0 Å². The van der Waals surface area contributed by atoms with Crippen LogP contribution in [-0.2, 0) is 9.53 Å². The molecular weight excluding hydrogens is 184 g/mol. The highest BCUT2D eigenvalue weighted by Crippen LogP contribution is 2.30. The Kier molecular flexibility index (Phi) is 2.19. The molecule has 2 heterocycles. The van der Waals surface area contributed by atoms with Gasteiger partial charge in [-0.15, -0.1) is 11.3 Å². The quantitative estimate of drug-likeness (QED) is 0.687. The van der Waals surface area contributed by atoms with Gasteiger partial charge in [0, 0.05) is 15.8 Å². The summed E-state index contributed by atoms with van der Waals surface area (Å²) in [4.78, 5) is 13.5. The molecule has 0 saturated carbocycles. The lowest BCUT2D eigenvalue weighted by Gasteiger charge is -2.16. The summed E-state index contributed by atoms with van der Waals surface area (Å²) in [6.07, 6.45) is 3.38. The fourth-order valence-corrected chi connectivity index (χ4v) is 2.22. The highest BCUT2D eigenvalue weighted by Gasteiger charge is 2.19. The normalized spacial score (nSPS) is 21.6. The van der Waals surface area contributed by atoms with Gasteiger partial charge >= 0.3 is 0 Å². The third kappa shape index (κ3) is 1.80. The van der Waals surface area contributed by atoms with E-state index < -0.39 is 0 Å². The Bertz CT molecular complexity index is 352. The molecule has 3 heteroatoms. The monoisotopic (exact) mass is 194 g/mol. The minimum atomic E-state index is -0.0591. The van der Waals surface area contributed by atoms with Crippen LogP contribution in [0.2, 0.25) is 0 Å². The van der Waals surface area contributed by atoms with Gasteiger partial charge in [0.05, 0.1) is 12.7 Å². The van der Waals surface area contributed by atoms with Crippen LogP contribution in [0, 0.1) is 6.92 Å². The lowest BCUT2D eigenvalue weighted by atomic mass is 10.1. The van der Waals surface area contributed by atoms with Crippen LogP contribution in [0.3, 0.4) is 0 Å². The topological polar surface area (TPSA) is 26.3 Å². The molecule has 0 aliphatic carbocycles. The Morgan fingerprint density at radius 1 is 1.54 bits per heavy atom. The number of carbonyl (C=O) groups is 1. The van der Waals surface area contributed by atoms with E-state index in [4.69, 9.17) is 4.74 Å². The maximum atomic E-state index is 11.1. The van der Waals surface area contributed by atoms with Crippen molar-refractivity contribution < 1.29 is 9.53 Å². The zero-order chi connectivity index (χ0) is 9.26. The molecule has 1 atom stereocenters. The van der Waals surface area contributed by atoms with Crippen LogP contribution in [0.1, 0.15) is 22.3 Å². The molecule has 1 aliphatic heterocycles. The van der Waals surface area contributed by atoms with Crippen LogP contribution in [0.25, 0.3) is 0 Å². The van der Waals surface area contributed by atoms with E-state index in [0.29, 0.717) is 6.42 Å². The lowest BCUT2D eigenvalue weighted by molar-refractivity contribution is -0.118. The molecule has 0 N–H and O–H groups in total. The summed E-state index contributed by atoms with van der Waals surface area (Å²) in [7, 11) is 0. The van der Waals surface area contributed by atoms with Gasteiger partial charge in [-0.1, -0.05) is 0 Å². The molecule has 1 aromatic heterocycles. The van der Waals surface area contributed by atoms with Crippen molar-refractivity contribution in [1.29, 1.82) is 0 Å². The second-order valence-electron chi connectivity index (χ2n) is 3.05. The lowest BCUT2D eigenvalue weighted by Crippen LogP contribution is -2.09. The minimum Gasteiger partial charge on any atom is -0.492 e.